The summed E-state index contributed by atoms with van der Waals surface area (Å²) >= 11 is 0. The molecule has 1 fully saturated rings. The maximum absolute atomic E-state index is 12.2. The molecule has 1 aromatic carbocycles. The van der Waals surface area contributed by atoms with Gasteiger partial charge in [0.05, 0.1) is 17.8 Å². The second-order valence-electron chi connectivity index (χ2n) is 5.55. The van der Waals surface area contributed by atoms with Crippen LogP contribution in [0.15, 0.2) is 24.3 Å². The van der Waals surface area contributed by atoms with Crippen LogP contribution in [-0.4, -0.2) is 41.4 Å². The Morgan fingerprint density at radius 2 is 1.79 bits per heavy atom. The molecular weight excluding hydrogens is 240 g/mol. The molecular formula is C15H18N2O2. The van der Waals surface area contributed by atoms with E-state index in [-0.39, 0.29) is 11.8 Å². The van der Waals surface area contributed by atoms with E-state index in [1.165, 1.54) is 11.3 Å². The smallest absolute Gasteiger partial charge is 0.262 e. The van der Waals surface area contributed by atoms with Crippen molar-refractivity contribution < 1.29 is 9.59 Å². The fourth-order valence-electron chi connectivity index (χ4n) is 2.98. The highest BCUT2D eigenvalue weighted by Crippen LogP contribution is 2.24. The highest BCUT2D eigenvalue weighted by Gasteiger charge is 2.36. The van der Waals surface area contributed by atoms with Crippen LogP contribution < -0.4 is 0 Å². The number of piperidine rings is 1. The molecule has 2 aliphatic rings. The van der Waals surface area contributed by atoms with Gasteiger partial charge in [0.25, 0.3) is 11.8 Å². The number of hydrogen-bond acceptors (Lipinski definition) is 3. The van der Waals surface area contributed by atoms with Gasteiger partial charge in [-0.15, -0.1) is 0 Å². The van der Waals surface area contributed by atoms with Crippen molar-refractivity contribution in [2.75, 3.05) is 19.8 Å². The maximum atomic E-state index is 12.2. The number of carbonyl (C=O) groups is 2. The largest absolute Gasteiger partial charge is 0.285 e. The minimum absolute atomic E-state index is 0.154. The van der Waals surface area contributed by atoms with E-state index in [0.717, 1.165) is 19.5 Å². The minimum Gasteiger partial charge on any atom is -0.285 e. The van der Waals surface area contributed by atoms with Crippen LogP contribution in [-0.2, 0) is 0 Å². The summed E-state index contributed by atoms with van der Waals surface area (Å²) in [5.41, 5.74) is 1.08. The van der Waals surface area contributed by atoms with Crippen molar-refractivity contribution in [3.05, 3.63) is 35.4 Å². The lowest BCUT2D eigenvalue weighted by molar-refractivity contribution is 0.0488. The van der Waals surface area contributed by atoms with Gasteiger partial charge < -0.3 is 0 Å². The predicted molar refractivity (Wildman–Crippen MR) is 71.8 cm³/mol. The number of likely N-dealkylation sites (tertiary alicyclic amines) is 1. The Morgan fingerprint density at radius 1 is 1.16 bits per heavy atom. The molecule has 0 radical (unpaired) electrons. The first kappa shape index (κ1) is 12.4. The summed E-state index contributed by atoms with van der Waals surface area (Å²) < 4.78 is 0. The number of rotatable bonds is 2. The van der Waals surface area contributed by atoms with Gasteiger partial charge in [0.1, 0.15) is 0 Å². The molecule has 2 heterocycles. The fraction of sp³-hybridized carbons (Fsp3) is 0.467. The molecule has 4 nitrogen and oxygen atoms in total. The van der Waals surface area contributed by atoms with E-state index >= 15 is 0 Å². The fourth-order valence-corrected chi connectivity index (χ4v) is 2.98. The summed E-state index contributed by atoms with van der Waals surface area (Å²) in [5.74, 6) is 0.335. The van der Waals surface area contributed by atoms with Crippen molar-refractivity contribution in [3.63, 3.8) is 0 Å². The summed E-state index contributed by atoms with van der Waals surface area (Å²) in [5, 5.41) is 0. The molecule has 4 heteroatoms. The SMILES string of the molecule is CC1CCCN(CN2C(=O)c3ccccc3C2=O)C1. The van der Waals surface area contributed by atoms with Crippen LogP contribution in [0.1, 0.15) is 40.5 Å². The Kier molecular flexibility index (Phi) is 3.11. The van der Waals surface area contributed by atoms with Crippen LogP contribution >= 0.6 is 0 Å². The van der Waals surface area contributed by atoms with Crippen molar-refractivity contribution in [2.24, 2.45) is 5.92 Å². The third kappa shape index (κ3) is 2.16. The Labute approximate surface area is 113 Å². The lowest BCUT2D eigenvalue weighted by atomic mass is 10.0. The average Bonchev–Trinajstić information content (AvgIpc) is 2.65. The monoisotopic (exact) mass is 258 g/mol. The van der Waals surface area contributed by atoms with E-state index < -0.39 is 0 Å². The molecule has 100 valence electrons. The Balaban J connectivity index is 1.77. The minimum atomic E-state index is -0.154. The van der Waals surface area contributed by atoms with Gasteiger partial charge in [0.2, 0.25) is 0 Å². The van der Waals surface area contributed by atoms with Crippen molar-refractivity contribution in [2.45, 2.75) is 19.8 Å². The molecule has 1 atom stereocenters. The van der Waals surface area contributed by atoms with Crippen molar-refractivity contribution >= 4 is 11.8 Å². The maximum Gasteiger partial charge on any atom is 0.262 e. The highest BCUT2D eigenvalue weighted by atomic mass is 16.2. The third-order valence-electron chi connectivity index (χ3n) is 3.96. The normalized spacial score (nSPS) is 23.8. The van der Waals surface area contributed by atoms with Gasteiger partial charge in [-0.3, -0.25) is 19.4 Å². The summed E-state index contributed by atoms with van der Waals surface area (Å²) in [7, 11) is 0. The van der Waals surface area contributed by atoms with Gasteiger partial charge in [0, 0.05) is 6.54 Å². The van der Waals surface area contributed by atoms with Gasteiger partial charge in [-0.25, -0.2) is 0 Å². The molecule has 2 amide bonds. The number of amides is 2. The second-order valence-corrected chi connectivity index (χ2v) is 5.55. The molecule has 1 unspecified atom stereocenters. The summed E-state index contributed by atoms with van der Waals surface area (Å²) in [4.78, 5) is 28.1. The van der Waals surface area contributed by atoms with Gasteiger partial charge in [-0.2, -0.15) is 0 Å². The Hall–Kier alpha value is -1.68. The van der Waals surface area contributed by atoms with E-state index in [9.17, 15) is 9.59 Å². The van der Waals surface area contributed by atoms with Crippen LogP contribution in [0.3, 0.4) is 0 Å². The summed E-state index contributed by atoms with van der Waals surface area (Å²) in [6, 6.07) is 7.07. The molecule has 0 spiro atoms. The zero-order valence-corrected chi connectivity index (χ0v) is 11.1. The van der Waals surface area contributed by atoms with Crippen LogP contribution in [0.25, 0.3) is 0 Å². The summed E-state index contributed by atoms with van der Waals surface area (Å²) in [6.45, 7) is 4.58. The molecule has 0 saturated carbocycles. The van der Waals surface area contributed by atoms with Crippen molar-refractivity contribution in [1.82, 2.24) is 9.80 Å². The van der Waals surface area contributed by atoms with E-state index in [2.05, 4.69) is 11.8 Å². The summed E-state index contributed by atoms with van der Waals surface area (Å²) in [6.07, 6.45) is 2.38. The van der Waals surface area contributed by atoms with E-state index in [1.54, 1.807) is 24.3 Å². The van der Waals surface area contributed by atoms with E-state index in [0.29, 0.717) is 23.7 Å². The van der Waals surface area contributed by atoms with Gasteiger partial charge >= 0.3 is 0 Å². The zero-order chi connectivity index (χ0) is 13.4. The molecule has 0 bridgehead atoms. The number of carbonyl (C=O) groups excluding carboxylic acids is 2. The average molecular weight is 258 g/mol. The quantitative estimate of drug-likeness (QED) is 0.761. The molecule has 0 aromatic heterocycles. The van der Waals surface area contributed by atoms with Crippen LogP contribution in [0.5, 0.6) is 0 Å². The molecule has 1 aromatic rings. The first-order valence-corrected chi connectivity index (χ1v) is 6.84. The van der Waals surface area contributed by atoms with Crippen molar-refractivity contribution in [1.29, 1.82) is 0 Å². The van der Waals surface area contributed by atoms with Crippen LogP contribution in [0.4, 0.5) is 0 Å². The molecule has 0 aliphatic carbocycles. The number of imide groups is 1. The Bertz CT molecular complexity index is 492. The number of benzene rings is 1. The molecule has 1 saturated heterocycles. The number of fused-ring (bicyclic) bond motifs is 1. The van der Waals surface area contributed by atoms with Crippen molar-refractivity contribution in [3.8, 4) is 0 Å². The number of hydrogen-bond donors (Lipinski definition) is 0. The molecule has 2 aliphatic heterocycles. The molecule has 19 heavy (non-hydrogen) atoms. The van der Waals surface area contributed by atoms with E-state index in [4.69, 9.17) is 0 Å². The predicted octanol–water partition coefficient (Wildman–Crippen LogP) is 1.97. The van der Waals surface area contributed by atoms with E-state index in [1.807, 2.05) is 0 Å². The lowest BCUT2D eigenvalue weighted by Gasteiger charge is -2.33. The van der Waals surface area contributed by atoms with Gasteiger partial charge in [-0.1, -0.05) is 19.1 Å². The standard InChI is InChI=1S/C15H18N2O2/c1-11-5-4-8-16(9-11)10-17-14(18)12-6-2-3-7-13(12)15(17)19/h2-3,6-7,11H,4-5,8-10H2,1H3. The second kappa shape index (κ2) is 4.78. The third-order valence-corrected chi connectivity index (χ3v) is 3.96. The van der Waals surface area contributed by atoms with Gasteiger partial charge in [0.15, 0.2) is 0 Å². The highest BCUT2D eigenvalue weighted by molar-refractivity contribution is 6.21. The number of nitrogens with zero attached hydrogens (tertiary/aromatic N) is 2. The van der Waals surface area contributed by atoms with Crippen LogP contribution in [0.2, 0.25) is 0 Å². The topological polar surface area (TPSA) is 40.6 Å². The zero-order valence-electron chi connectivity index (χ0n) is 11.1. The molecule has 3 rings (SSSR count). The van der Waals surface area contributed by atoms with Gasteiger partial charge in [-0.05, 0) is 37.4 Å². The Morgan fingerprint density at radius 3 is 2.37 bits per heavy atom. The first-order chi connectivity index (χ1) is 9.16. The van der Waals surface area contributed by atoms with Crippen LogP contribution in [0, 0.1) is 5.92 Å². The first-order valence-electron chi connectivity index (χ1n) is 6.84. The molecule has 0 N–H and O–H groups in total. The lowest BCUT2D eigenvalue weighted by Crippen LogP contribution is -2.45.